The van der Waals surface area contributed by atoms with E-state index in [9.17, 15) is 4.79 Å². The molecule has 0 heterocycles. The largest absolute Gasteiger partial charge is 0.292 e. The Morgan fingerprint density at radius 2 is 1.67 bits per heavy atom. The van der Waals surface area contributed by atoms with Crippen LogP contribution >= 0.6 is 39.3 Å². The molecule has 2 aromatic rings. The lowest BCUT2D eigenvalue weighted by Gasteiger charge is -2.08. The van der Waals surface area contributed by atoms with Crippen molar-refractivity contribution >= 4 is 45.1 Å². The van der Waals surface area contributed by atoms with Gasteiger partial charge in [-0.1, -0.05) is 45.7 Å². The Morgan fingerprint density at radius 1 is 1.06 bits per heavy atom. The molecule has 0 aliphatic carbocycles. The molecule has 0 amide bonds. The molecule has 2 rings (SSSR count). The van der Waals surface area contributed by atoms with Crippen LogP contribution in [0.2, 0.25) is 5.02 Å². The minimum atomic E-state index is -0.291. The number of benzene rings is 2. The molecular weight excluding hydrogens is 332 g/mol. The van der Waals surface area contributed by atoms with Gasteiger partial charge in [0.25, 0.3) is 0 Å². The van der Waals surface area contributed by atoms with Crippen molar-refractivity contribution in [3.05, 3.63) is 65.2 Å². The van der Waals surface area contributed by atoms with E-state index in [4.69, 9.17) is 11.6 Å². The van der Waals surface area contributed by atoms with Crippen LogP contribution in [-0.4, -0.2) is 9.94 Å². The Balaban J connectivity index is 2.07. The lowest BCUT2D eigenvalue weighted by Crippen LogP contribution is -2.10. The maximum atomic E-state index is 12.1. The van der Waals surface area contributed by atoms with E-state index in [1.54, 1.807) is 24.3 Å². The van der Waals surface area contributed by atoms with Crippen LogP contribution in [0.25, 0.3) is 0 Å². The van der Waals surface area contributed by atoms with Crippen LogP contribution in [0.4, 0.5) is 0 Å². The number of halogens is 2. The summed E-state index contributed by atoms with van der Waals surface area (Å²) < 4.78 is -0.291. The molecule has 0 bridgehead atoms. The Bertz CT molecular complexity index is 527. The average molecular weight is 342 g/mol. The van der Waals surface area contributed by atoms with Gasteiger partial charge in [-0.2, -0.15) is 0 Å². The summed E-state index contributed by atoms with van der Waals surface area (Å²) in [4.78, 5) is 13.2. The maximum Gasteiger partial charge on any atom is 0.186 e. The summed E-state index contributed by atoms with van der Waals surface area (Å²) >= 11 is 10.7. The molecule has 0 N–H and O–H groups in total. The van der Waals surface area contributed by atoms with Crippen LogP contribution < -0.4 is 0 Å². The number of carbonyl (C=O) groups excluding carboxylic acids is 1. The minimum Gasteiger partial charge on any atom is -0.292 e. The van der Waals surface area contributed by atoms with E-state index in [0.29, 0.717) is 10.6 Å². The molecule has 2 aromatic carbocycles. The zero-order valence-electron chi connectivity index (χ0n) is 9.35. The quantitative estimate of drug-likeness (QED) is 0.440. The Kier molecular flexibility index (Phi) is 4.87. The number of thioether (sulfide) groups is 1. The number of rotatable bonds is 4. The van der Waals surface area contributed by atoms with Crippen molar-refractivity contribution in [3.63, 3.8) is 0 Å². The van der Waals surface area contributed by atoms with Crippen LogP contribution in [0.15, 0.2) is 59.5 Å². The molecule has 1 nitrogen and oxygen atoms in total. The predicted octanol–water partition coefficient (Wildman–Crippen LogP) is 5.04. The molecular formula is C14H10BrClOS. The molecule has 18 heavy (non-hydrogen) atoms. The first-order valence-corrected chi connectivity index (χ1v) is 7.50. The molecule has 0 radical (unpaired) electrons. The average Bonchev–Trinajstić information content (AvgIpc) is 2.40. The van der Waals surface area contributed by atoms with Gasteiger partial charge in [-0.15, -0.1) is 11.8 Å². The first-order chi connectivity index (χ1) is 8.66. The summed E-state index contributed by atoms with van der Waals surface area (Å²) in [6, 6.07) is 16.7. The van der Waals surface area contributed by atoms with Crippen molar-refractivity contribution < 1.29 is 4.79 Å². The summed E-state index contributed by atoms with van der Waals surface area (Å²) in [5.74, 6) is 0.0421. The Morgan fingerprint density at radius 3 is 2.28 bits per heavy atom. The highest BCUT2D eigenvalue weighted by Crippen LogP contribution is 2.29. The van der Waals surface area contributed by atoms with Gasteiger partial charge in [-0.3, -0.25) is 4.79 Å². The molecule has 0 aromatic heterocycles. The third kappa shape index (κ3) is 3.61. The van der Waals surface area contributed by atoms with Crippen molar-refractivity contribution in [3.8, 4) is 0 Å². The molecule has 0 aliphatic heterocycles. The predicted molar refractivity (Wildman–Crippen MR) is 80.8 cm³/mol. The van der Waals surface area contributed by atoms with E-state index in [1.807, 2.05) is 30.3 Å². The second-order valence-electron chi connectivity index (χ2n) is 3.62. The van der Waals surface area contributed by atoms with Gasteiger partial charge in [0, 0.05) is 15.5 Å². The van der Waals surface area contributed by atoms with Crippen LogP contribution in [0.1, 0.15) is 10.4 Å². The van der Waals surface area contributed by atoms with Crippen molar-refractivity contribution in [1.29, 1.82) is 0 Å². The van der Waals surface area contributed by atoms with Crippen LogP contribution in [0.5, 0.6) is 0 Å². The zero-order valence-corrected chi connectivity index (χ0v) is 12.5. The highest BCUT2D eigenvalue weighted by Gasteiger charge is 2.17. The van der Waals surface area contributed by atoms with Crippen LogP contribution in [-0.2, 0) is 0 Å². The van der Waals surface area contributed by atoms with E-state index < -0.39 is 0 Å². The summed E-state index contributed by atoms with van der Waals surface area (Å²) in [5, 5.41) is 0.633. The molecule has 0 fully saturated rings. The van der Waals surface area contributed by atoms with Crippen LogP contribution in [0.3, 0.4) is 0 Å². The van der Waals surface area contributed by atoms with Gasteiger partial charge in [0.2, 0.25) is 0 Å². The number of Topliss-reactive ketones (excluding diaryl/α,β-unsaturated/α-hetero) is 1. The number of hydrogen-bond acceptors (Lipinski definition) is 2. The van der Waals surface area contributed by atoms with Gasteiger partial charge >= 0.3 is 0 Å². The van der Waals surface area contributed by atoms with Crippen molar-refractivity contribution in [2.75, 3.05) is 0 Å². The van der Waals surface area contributed by atoms with Gasteiger partial charge in [0.15, 0.2) is 5.78 Å². The van der Waals surface area contributed by atoms with E-state index in [1.165, 1.54) is 11.8 Å². The second kappa shape index (κ2) is 6.41. The number of ketones is 1. The monoisotopic (exact) mass is 340 g/mol. The van der Waals surface area contributed by atoms with Gasteiger partial charge in [0.1, 0.15) is 4.16 Å². The Labute approximate surface area is 124 Å². The number of alkyl halides is 1. The fourth-order valence-electron chi connectivity index (χ4n) is 1.42. The lowest BCUT2D eigenvalue weighted by molar-refractivity contribution is 0.101. The SMILES string of the molecule is O=C(c1ccc(Cl)cc1)C(Br)Sc1ccccc1. The highest BCUT2D eigenvalue weighted by molar-refractivity contribution is 9.11. The normalized spacial score (nSPS) is 12.1. The smallest absolute Gasteiger partial charge is 0.186 e. The molecule has 0 spiro atoms. The first-order valence-electron chi connectivity index (χ1n) is 5.32. The van der Waals surface area contributed by atoms with Gasteiger partial charge in [-0.25, -0.2) is 0 Å². The zero-order chi connectivity index (χ0) is 13.0. The molecule has 1 atom stereocenters. The van der Waals surface area contributed by atoms with Crippen LogP contribution in [0, 0.1) is 0 Å². The number of carbonyl (C=O) groups is 1. The second-order valence-corrected chi connectivity index (χ2v) is 6.75. The van der Waals surface area contributed by atoms with E-state index in [0.717, 1.165) is 4.90 Å². The third-order valence-electron chi connectivity index (χ3n) is 2.32. The molecule has 0 saturated carbocycles. The fraction of sp³-hybridized carbons (Fsp3) is 0.0714. The van der Waals surface area contributed by atoms with E-state index >= 15 is 0 Å². The highest BCUT2D eigenvalue weighted by atomic mass is 79.9. The molecule has 1 unspecified atom stereocenters. The van der Waals surface area contributed by atoms with E-state index in [2.05, 4.69) is 15.9 Å². The first kappa shape index (κ1) is 13.7. The lowest BCUT2D eigenvalue weighted by atomic mass is 10.1. The standard InChI is InChI=1S/C14H10BrClOS/c15-14(18-12-4-2-1-3-5-12)13(17)10-6-8-11(16)9-7-10/h1-9,14H. The molecule has 92 valence electrons. The Hall–Kier alpha value is -0.770. The molecule has 4 heteroatoms. The maximum absolute atomic E-state index is 12.1. The van der Waals surface area contributed by atoms with Crippen molar-refractivity contribution in [2.45, 2.75) is 9.05 Å². The summed E-state index contributed by atoms with van der Waals surface area (Å²) in [7, 11) is 0. The third-order valence-corrected chi connectivity index (χ3v) is 4.51. The fourth-order valence-corrected chi connectivity index (χ4v) is 3.25. The van der Waals surface area contributed by atoms with Gasteiger partial charge in [0.05, 0.1) is 0 Å². The summed E-state index contributed by atoms with van der Waals surface area (Å²) in [5.41, 5.74) is 0.657. The molecule has 0 saturated heterocycles. The van der Waals surface area contributed by atoms with Crippen molar-refractivity contribution in [2.24, 2.45) is 0 Å². The van der Waals surface area contributed by atoms with Crippen molar-refractivity contribution in [1.82, 2.24) is 0 Å². The topological polar surface area (TPSA) is 17.1 Å². The van der Waals surface area contributed by atoms with E-state index in [-0.39, 0.29) is 9.94 Å². The van der Waals surface area contributed by atoms with Gasteiger partial charge in [-0.05, 0) is 36.4 Å². The minimum absolute atomic E-state index is 0.0421. The summed E-state index contributed by atoms with van der Waals surface area (Å²) in [6.07, 6.45) is 0. The molecule has 0 aliphatic rings. The number of hydrogen-bond donors (Lipinski definition) is 0. The summed E-state index contributed by atoms with van der Waals surface area (Å²) in [6.45, 7) is 0. The van der Waals surface area contributed by atoms with Gasteiger partial charge < -0.3 is 0 Å².